The summed E-state index contributed by atoms with van der Waals surface area (Å²) in [7, 11) is 1.57. The Morgan fingerprint density at radius 3 is 2.56 bits per heavy atom. The lowest BCUT2D eigenvalue weighted by molar-refractivity contribution is -0.117. The predicted molar refractivity (Wildman–Crippen MR) is 109 cm³/mol. The van der Waals surface area contributed by atoms with Crippen LogP contribution in [-0.2, 0) is 4.79 Å². The highest BCUT2D eigenvalue weighted by atomic mass is 35.5. The van der Waals surface area contributed by atoms with Crippen LogP contribution >= 0.6 is 12.4 Å². The molecule has 1 saturated heterocycles. The number of halogens is 1. The van der Waals surface area contributed by atoms with Gasteiger partial charge in [0, 0.05) is 12.5 Å². The molecule has 1 aromatic carbocycles. The molecule has 1 unspecified atom stereocenters. The van der Waals surface area contributed by atoms with Gasteiger partial charge in [0.15, 0.2) is 0 Å². The first-order valence-electron chi connectivity index (χ1n) is 9.56. The maximum atomic E-state index is 12.5. The van der Waals surface area contributed by atoms with E-state index in [4.69, 9.17) is 4.74 Å². The topological polar surface area (TPSA) is 79.5 Å². The number of hydrogen-bond donors (Lipinski definition) is 3. The number of hydrogen-bond acceptors (Lipinski definition) is 4. The predicted octanol–water partition coefficient (Wildman–Crippen LogP) is 2.97. The van der Waals surface area contributed by atoms with Crippen LogP contribution in [0, 0.1) is 11.8 Å². The van der Waals surface area contributed by atoms with Crippen LogP contribution in [0.3, 0.4) is 0 Å². The Bertz CT molecular complexity index is 658. The van der Waals surface area contributed by atoms with Crippen LogP contribution in [0.5, 0.6) is 5.75 Å². The molecule has 2 amide bonds. The van der Waals surface area contributed by atoms with E-state index in [1.165, 1.54) is 0 Å². The summed E-state index contributed by atoms with van der Waals surface area (Å²) in [5.41, 5.74) is 1.01. The highest BCUT2D eigenvalue weighted by molar-refractivity contribution is 6.04. The Balaban J connectivity index is 0.00000261. The molecule has 1 heterocycles. The van der Waals surface area contributed by atoms with Crippen molar-refractivity contribution in [2.45, 2.75) is 45.1 Å². The first-order chi connectivity index (χ1) is 12.6. The van der Waals surface area contributed by atoms with Gasteiger partial charge in [-0.15, -0.1) is 12.4 Å². The van der Waals surface area contributed by atoms with Crippen LogP contribution in [-0.4, -0.2) is 38.1 Å². The summed E-state index contributed by atoms with van der Waals surface area (Å²) in [4.78, 5) is 25.0. The summed E-state index contributed by atoms with van der Waals surface area (Å²) < 4.78 is 5.23. The molecule has 0 bridgehead atoms. The number of nitrogens with one attached hydrogen (secondary N) is 3. The maximum Gasteiger partial charge on any atom is 0.253 e. The van der Waals surface area contributed by atoms with E-state index in [0.717, 1.165) is 38.8 Å². The van der Waals surface area contributed by atoms with Gasteiger partial charge >= 0.3 is 0 Å². The van der Waals surface area contributed by atoms with E-state index in [9.17, 15) is 9.59 Å². The Morgan fingerprint density at radius 1 is 1.22 bits per heavy atom. The molecule has 6 nitrogen and oxygen atoms in total. The second-order valence-corrected chi connectivity index (χ2v) is 7.48. The number of ether oxygens (including phenoxy) is 1. The zero-order chi connectivity index (χ0) is 18.5. The number of carbonyl (C=O) groups is 2. The fourth-order valence-corrected chi connectivity index (χ4v) is 3.51. The normalized spacial score (nSPS) is 18.1. The number of piperidine rings is 1. The summed E-state index contributed by atoms with van der Waals surface area (Å²) in [5, 5.41) is 9.27. The maximum absolute atomic E-state index is 12.5. The number of carbonyl (C=O) groups excluding carboxylic acids is 2. The molecule has 1 aliphatic heterocycles. The zero-order valence-corrected chi connectivity index (χ0v) is 16.9. The summed E-state index contributed by atoms with van der Waals surface area (Å²) in [6.45, 7) is 4.20. The number of methoxy groups -OCH3 is 1. The van der Waals surface area contributed by atoms with Crippen molar-refractivity contribution in [2.24, 2.45) is 11.8 Å². The third-order valence-corrected chi connectivity index (χ3v) is 5.35. The molecule has 0 aromatic heterocycles. The molecule has 1 aliphatic carbocycles. The van der Waals surface area contributed by atoms with E-state index < -0.39 is 0 Å². The molecule has 3 N–H and O–H groups in total. The average molecular weight is 396 g/mol. The van der Waals surface area contributed by atoms with Crippen molar-refractivity contribution in [3.8, 4) is 5.75 Å². The number of rotatable bonds is 7. The zero-order valence-electron chi connectivity index (χ0n) is 16.0. The van der Waals surface area contributed by atoms with Crippen LogP contribution in [0.15, 0.2) is 18.2 Å². The van der Waals surface area contributed by atoms with Crippen LogP contribution in [0.4, 0.5) is 5.69 Å². The number of amides is 2. The van der Waals surface area contributed by atoms with E-state index in [1.54, 1.807) is 25.3 Å². The minimum absolute atomic E-state index is 0. The molecule has 150 valence electrons. The minimum atomic E-state index is -0.159. The molecule has 2 aliphatic rings. The van der Waals surface area contributed by atoms with Gasteiger partial charge in [-0.1, -0.05) is 6.92 Å². The first-order valence-corrected chi connectivity index (χ1v) is 9.56. The standard InChI is InChI=1S/C20H29N3O3.ClH/c1-13(14-7-9-21-10-8-14)11-19(24)23-18-6-5-16(26-2)12-17(18)20(25)22-15-3-4-15;/h5-6,12-15,21H,3-4,7-11H2,1-2H3,(H,22,25)(H,23,24);1H. The van der Waals surface area contributed by atoms with E-state index in [0.29, 0.717) is 35.3 Å². The van der Waals surface area contributed by atoms with E-state index >= 15 is 0 Å². The molecular weight excluding hydrogens is 366 g/mol. The molecule has 0 spiro atoms. The van der Waals surface area contributed by atoms with Crippen LogP contribution < -0.4 is 20.7 Å². The van der Waals surface area contributed by atoms with Gasteiger partial charge in [0.25, 0.3) is 5.91 Å². The van der Waals surface area contributed by atoms with Crippen LogP contribution in [0.2, 0.25) is 0 Å². The fraction of sp³-hybridized carbons (Fsp3) is 0.600. The van der Waals surface area contributed by atoms with Crippen molar-refractivity contribution < 1.29 is 14.3 Å². The molecule has 0 radical (unpaired) electrons. The van der Waals surface area contributed by atoms with Gasteiger partial charge in [-0.3, -0.25) is 9.59 Å². The molecule has 3 rings (SSSR count). The van der Waals surface area contributed by atoms with Gasteiger partial charge < -0.3 is 20.7 Å². The van der Waals surface area contributed by atoms with Gasteiger partial charge in [-0.2, -0.15) is 0 Å². The Morgan fingerprint density at radius 2 is 1.93 bits per heavy atom. The van der Waals surface area contributed by atoms with Crippen molar-refractivity contribution in [2.75, 3.05) is 25.5 Å². The van der Waals surface area contributed by atoms with Crippen molar-refractivity contribution >= 4 is 29.9 Å². The summed E-state index contributed by atoms with van der Waals surface area (Å²) in [6.07, 6.45) is 4.74. The molecule has 1 saturated carbocycles. The molecule has 7 heteroatoms. The highest BCUT2D eigenvalue weighted by Crippen LogP contribution is 2.27. The second kappa shape index (κ2) is 9.95. The van der Waals surface area contributed by atoms with Crippen molar-refractivity contribution in [3.05, 3.63) is 23.8 Å². The molecule has 27 heavy (non-hydrogen) atoms. The van der Waals surface area contributed by atoms with Gasteiger partial charge in [-0.05, 0) is 68.8 Å². The third-order valence-electron chi connectivity index (χ3n) is 5.35. The van der Waals surface area contributed by atoms with E-state index in [-0.39, 0.29) is 30.3 Å². The quantitative estimate of drug-likeness (QED) is 0.663. The smallest absolute Gasteiger partial charge is 0.253 e. The fourth-order valence-electron chi connectivity index (χ4n) is 3.51. The van der Waals surface area contributed by atoms with Gasteiger partial charge in [0.2, 0.25) is 5.91 Å². The van der Waals surface area contributed by atoms with Crippen LogP contribution in [0.25, 0.3) is 0 Å². The minimum Gasteiger partial charge on any atom is -0.497 e. The van der Waals surface area contributed by atoms with E-state index in [2.05, 4.69) is 22.9 Å². The van der Waals surface area contributed by atoms with Crippen molar-refractivity contribution in [3.63, 3.8) is 0 Å². The van der Waals surface area contributed by atoms with Crippen molar-refractivity contribution in [1.82, 2.24) is 10.6 Å². The molecule has 1 atom stereocenters. The van der Waals surface area contributed by atoms with Crippen molar-refractivity contribution in [1.29, 1.82) is 0 Å². The lowest BCUT2D eigenvalue weighted by Gasteiger charge is -2.28. The number of anilines is 1. The summed E-state index contributed by atoms with van der Waals surface area (Å²) in [6, 6.07) is 5.45. The van der Waals surface area contributed by atoms with Gasteiger partial charge in [0.05, 0.1) is 18.4 Å². The molecule has 1 aromatic rings. The number of benzene rings is 1. The highest BCUT2D eigenvalue weighted by Gasteiger charge is 2.26. The van der Waals surface area contributed by atoms with Crippen LogP contribution in [0.1, 0.15) is 49.4 Å². The van der Waals surface area contributed by atoms with Gasteiger partial charge in [0.1, 0.15) is 5.75 Å². The Kier molecular flexibility index (Phi) is 7.92. The third kappa shape index (κ3) is 6.11. The molecule has 2 fully saturated rings. The first kappa shape index (κ1) is 21.5. The largest absolute Gasteiger partial charge is 0.497 e. The summed E-state index contributed by atoms with van der Waals surface area (Å²) in [5.74, 6) is 1.32. The second-order valence-electron chi connectivity index (χ2n) is 7.48. The monoisotopic (exact) mass is 395 g/mol. The SMILES string of the molecule is COc1ccc(NC(=O)CC(C)C2CCNCC2)c(C(=O)NC2CC2)c1.Cl. The lowest BCUT2D eigenvalue weighted by Crippen LogP contribution is -2.32. The summed E-state index contributed by atoms with van der Waals surface area (Å²) >= 11 is 0. The lowest BCUT2D eigenvalue weighted by atomic mass is 9.84. The Labute approximate surface area is 167 Å². The Hall–Kier alpha value is -1.79. The van der Waals surface area contributed by atoms with E-state index in [1.807, 2.05) is 0 Å². The molecular formula is C20H30ClN3O3. The average Bonchev–Trinajstić information content (AvgIpc) is 3.46. The van der Waals surface area contributed by atoms with Gasteiger partial charge in [-0.25, -0.2) is 0 Å².